The van der Waals surface area contributed by atoms with Gasteiger partial charge >= 0.3 is 6.61 Å². The summed E-state index contributed by atoms with van der Waals surface area (Å²) < 4.78 is 30.6. The molecule has 0 unspecified atom stereocenters. The van der Waals surface area contributed by atoms with Crippen molar-refractivity contribution < 1.29 is 27.9 Å². The van der Waals surface area contributed by atoms with E-state index in [1.165, 1.54) is 29.0 Å². The molecule has 6 rings (SSSR count). The third-order valence-corrected chi connectivity index (χ3v) is 8.07. The fraction of sp³-hybridized carbons (Fsp3) is 0.462. The zero-order chi connectivity index (χ0) is 26.9. The van der Waals surface area contributed by atoms with Crippen molar-refractivity contribution in [2.24, 2.45) is 10.8 Å². The average molecular weight is 527 g/mol. The second-order valence-corrected chi connectivity index (χ2v) is 10.2. The fourth-order valence-electron chi connectivity index (χ4n) is 5.61. The molecule has 3 saturated carbocycles. The molecule has 1 aromatic carbocycles. The van der Waals surface area contributed by atoms with Gasteiger partial charge in [0.2, 0.25) is 0 Å². The number of alkyl halides is 2. The van der Waals surface area contributed by atoms with Crippen LogP contribution in [-0.4, -0.2) is 50.3 Å². The molecule has 2 amide bonds. The van der Waals surface area contributed by atoms with E-state index >= 15 is 0 Å². The maximum absolute atomic E-state index is 13.2. The highest BCUT2D eigenvalue weighted by Crippen LogP contribution is 2.56. The van der Waals surface area contributed by atoms with E-state index in [-0.39, 0.29) is 46.1 Å². The van der Waals surface area contributed by atoms with Crippen LogP contribution in [0, 0.1) is 10.8 Å². The van der Waals surface area contributed by atoms with Gasteiger partial charge < -0.3 is 15.4 Å². The normalized spacial score (nSPS) is 22.4. The first kappa shape index (κ1) is 25.7. The number of Topliss-reactive ketones (excluding diaryl/α,β-unsaturated/α-hetero) is 1. The largest absolute Gasteiger partial charge is 0.435 e. The summed E-state index contributed by atoms with van der Waals surface area (Å²) >= 11 is 0. The molecule has 0 radical (unpaired) electrons. The van der Waals surface area contributed by atoms with Crippen LogP contribution in [0.15, 0.2) is 36.7 Å². The van der Waals surface area contributed by atoms with Crippen molar-refractivity contribution in [1.82, 2.24) is 30.2 Å². The summed E-state index contributed by atoms with van der Waals surface area (Å²) in [5, 5.41) is 9.76. The van der Waals surface area contributed by atoms with Gasteiger partial charge in [0.05, 0.1) is 0 Å². The van der Waals surface area contributed by atoms with E-state index in [1.807, 2.05) is 0 Å². The lowest BCUT2D eigenvalue weighted by atomic mass is 9.52. The van der Waals surface area contributed by atoms with Gasteiger partial charge in [0.25, 0.3) is 17.6 Å². The second-order valence-electron chi connectivity index (χ2n) is 10.2. The van der Waals surface area contributed by atoms with Crippen molar-refractivity contribution in [2.45, 2.75) is 58.6 Å². The molecule has 2 heterocycles. The molecule has 10 nitrogen and oxygen atoms in total. The maximum atomic E-state index is 13.2. The molecule has 3 aliphatic carbocycles. The third kappa shape index (κ3) is 5.07. The first-order chi connectivity index (χ1) is 18.2. The summed E-state index contributed by atoms with van der Waals surface area (Å²) in [6.45, 7) is -0.769. The maximum Gasteiger partial charge on any atom is 0.387 e. The second kappa shape index (κ2) is 10.1. The number of halogens is 2. The Morgan fingerprint density at radius 3 is 2.47 bits per heavy atom. The van der Waals surface area contributed by atoms with Gasteiger partial charge in [0.1, 0.15) is 29.2 Å². The van der Waals surface area contributed by atoms with Crippen LogP contribution in [0.5, 0.6) is 5.75 Å². The Hall–Kier alpha value is -3.96. The van der Waals surface area contributed by atoms with Crippen LogP contribution in [0.4, 0.5) is 8.78 Å². The molecular weight excluding hydrogens is 498 g/mol. The zero-order valence-electron chi connectivity index (χ0n) is 20.9. The number of aromatic nitrogens is 4. The Morgan fingerprint density at radius 1 is 1.05 bits per heavy atom. The fourth-order valence-corrected chi connectivity index (χ4v) is 5.61. The summed E-state index contributed by atoms with van der Waals surface area (Å²) in [4.78, 5) is 46.5. The van der Waals surface area contributed by atoms with Crippen molar-refractivity contribution in [3.63, 3.8) is 0 Å². The average Bonchev–Trinajstić information content (AvgIpc) is 3.39. The number of carbonyl (C=O) groups excluding carboxylic acids is 3. The molecule has 3 aliphatic rings. The lowest BCUT2D eigenvalue weighted by molar-refractivity contribution is -0.135. The van der Waals surface area contributed by atoms with Crippen molar-refractivity contribution in [3.05, 3.63) is 53.6 Å². The van der Waals surface area contributed by atoms with Crippen molar-refractivity contribution in [2.75, 3.05) is 6.54 Å². The van der Waals surface area contributed by atoms with Crippen LogP contribution < -0.4 is 15.4 Å². The smallest absolute Gasteiger partial charge is 0.387 e. The highest BCUT2D eigenvalue weighted by Gasteiger charge is 2.50. The van der Waals surface area contributed by atoms with Crippen LogP contribution >= 0.6 is 0 Å². The van der Waals surface area contributed by atoms with Gasteiger partial charge in [0.15, 0.2) is 0 Å². The molecule has 0 saturated heterocycles. The van der Waals surface area contributed by atoms with E-state index in [4.69, 9.17) is 0 Å². The lowest BCUT2D eigenvalue weighted by Gasteiger charge is -2.52. The Kier molecular flexibility index (Phi) is 6.80. The van der Waals surface area contributed by atoms with Crippen LogP contribution in [-0.2, 0) is 11.3 Å². The third-order valence-electron chi connectivity index (χ3n) is 8.07. The number of hydrogen-bond acceptors (Lipinski definition) is 7. The molecule has 0 spiro atoms. The highest BCUT2D eigenvalue weighted by atomic mass is 19.3. The van der Waals surface area contributed by atoms with E-state index < -0.39 is 18.4 Å². The van der Waals surface area contributed by atoms with Gasteiger partial charge in [-0.05, 0) is 68.6 Å². The standard InChI is InChI=1S/C26H28F2N6O4/c1-16(35)26-8-5-25(6-9-26,7-10-26)14-30-22(37)20-12-19(33-24-31-15-32-34(20)24)21(36)29-13-17-3-2-4-18(11-17)38-23(27)28/h2-4,11-12,15,23H,5-10,13-14H2,1H3,(H,29,36)(H,30,37). The summed E-state index contributed by atoms with van der Waals surface area (Å²) in [6.07, 6.45) is 6.46. The Labute approximate surface area is 217 Å². The molecule has 2 aromatic heterocycles. The molecule has 12 heteroatoms. The molecule has 200 valence electrons. The van der Waals surface area contributed by atoms with Crippen LogP contribution in [0.3, 0.4) is 0 Å². The molecular formula is C26H28F2N6O4. The number of amides is 2. The number of nitrogens with one attached hydrogen (secondary N) is 2. The number of ether oxygens (including phenoxy) is 1. The van der Waals surface area contributed by atoms with Crippen molar-refractivity contribution in [1.29, 1.82) is 0 Å². The van der Waals surface area contributed by atoms with Crippen LogP contribution in [0.25, 0.3) is 5.78 Å². The summed E-state index contributed by atoms with van der Waals surface area (Å²) in [6, 6.07) is 7.34. The number of rotatable bonds is 9. The molecule has 2 N–H and O–H groups in total. The van der Waals surface area contributed by atoms with E-state index in [2.05, 4.69) is 30.4 Å². The van der Waals surface area contributed by atoms with Crippen LogP contribution in [0.1, 0.15) is 72.0 Å². The van der Waals surface area contributed by atoms with Gasteiger partial charge in [-0.15, -0.1) is 0 Å². The number of fused-ring (bicyclic) bond motifs is 4. The predicted octanol–water partition coefficient (Wildman–Crippen LogP) is 3.32. The van der Waals surface area contributed by atoms with Crippen molar-refractivity contribution >= 4 is 23.4 Å². The first-order valence-corrected chi connectivity index (χ1v) is 12.5. The van der Waals surface area contributed by atoms with Crippen molar-refractivity contribution in [3.8, 4) is 5.75 Å². The molecule has 3 aromatic rings. The summed E-state index contributed by atoms with van der Waals surface area (Å²) in [5.41, 5.74) is 0.403. The predicted molar refractivity (Wildman–Crippen MR) is 131 cm³/mol. The Morgan fingerprint density at radius 2 is 1.79 bits per heavy atom. The number of ketones is 1. The van der Waals surface area contributed by atoms with Gasteiger partial charge in [-0.25, -0.2) is 4.98 Å². The number of carbonyl (C=O) groups is 3. The Balaban J connectivity index is 1.27. The SMILES string of the molecule is CC(=O)C12CCC(CNC(=O)c3cc(C(=O)NCc4cccc(OC(F)F)c4)nc4ncnn34)(CC1)CC2. The molecule has 3 fully saturated rings. The zero-order valence-corrected chi connectivity index (χ0v) is 20.9. The highest BCUT2D eigenvalue weighted by molar-refractivity contribution is 5.98. The van der Waals surface area contributed by atoms with Gasteiger partial charge in [-0.2, -0.15) is 23.4 Å². The quantitative estimate of drug-likeness (QED) is 0.438. The van der Waals surface area contributed by atoms with Crippen LogP contribution in [0.2, 0.25) is 0 Å². The van der Waals surface area contributed by atoms with E-state index in [1.54, 1.807) is 19.1 Å². The molecule has 0 aliphatic heterocycles. The lowest BCUT2D eigenvalue weighted by Crippen LogP contribution is -2.49. The number of hydrogen-bond donors (Lipinski definition) is 2. The minimum Gasteiger partial charge on any atom is -0.435 e. The number of nitrogens with zero attached hydrogens (tertiary/aromatic N) is 4. The number of benzene rings is 1. The molecule has 38 heavy (non-hydrogen) atoms. The first-order valence-electron chi connectivity index (χ1n) is 12.5. The topological polar surface area (TPSA) is 128 Å². The van der Waals surface area contributed by atoms with E-state index in [0.29, 0.717) is 12.1 Å². The minimum absolute atomic E-state index is 0.0175. The Bertz CT molecular complexity index is 1370. The van der Waals surface area contributed by atoms with Gasteiger partial charge in [-0.3, -0.25) is 14.4 Å². The molecule has 2 bridgehead atoms. The van der Waals surface area contributed by atoms with Gasteiger partial charge in [0, 0.05) is 24.6 Å². The van der Waals surface area contributed by atoms with E-state index in [9.17, 15) is 23.2 Å². The molecule has 0 atom stereocenters. The monoisotopic (exact) mass is 526 g/mol. The summed E-state index contributed by atoms with van der Waals surface area (Å²) in [5.74, 6) is -0.633. The summed E-state index contributed by atoms with van der Waals surface area (Å²) in [7, 11) is 0. The minimum atomic E-state index is -2.95. The van der Waals surface area contributed by atoms with Gasteiger partial charge in [-0.1, -0.05) is 12.1 Å². The van der Waals surface area contributed by atoms with E-state index in [0.717, 1.165) is 38.5 Å².